The second-order valence-electron chi connectivity index (χ2n) is 7.04. The molecule has 0 fully saturated rings. The molecular weight excluding hydrogens is 276 g/mol. The van der Waals surface area contributed by atoms with Crippen molar-refractivity contribution in [2.24, 2.45) is 5.92 Å². The lowest BCUT2D eigenvalue weighted by Gasteiger charge is -2.28. The summed E-state index contributed by atoms with van der Waals surface area (Å²) in [5.41, 5.74) is 9.92. The fourth-order valence-corrected chi connectivity index (χ4v) is 3.95. The quantitative estimate of drug-likeness (QED) is 0.620. The van der Waals surface area contributed by atoms with Crippen LogP contribution in [0.4, 0.5) is 0 Å². The Bertz CT molecular complexity index is 744. The highest BCUT2D eigenvalue weighted by Gasteiger charge is 2.31. The highest BCUT2D eigenvalue weighted by Crippen LogP contribution is 2.45. The van der Waals surface area contributed by atoms with Gasteiger partial charge in [0.1, 0.15) is 0 Å². The van der Waals surface area contributed by atoms with Crippen LogP contribution in [0.15, 0.2) is 71.3 Å². The number of allylic oxidation sites excluding steroid dienone is 4. The van der Waals surface area contributed by atoms with Crippen molar-refractivity contribution in [2.45, 2.75) is 40.5 Å². The van der Waals surface area contributed by atoms with Gasteiger partial charge in [0.15, 0.2) is 0 Å². The van der Waals surface area contributed by atoms with E-state index in [1.807, 2.05) is 0 Å². The van der Waals surface area contributed by atoms with Crippen molar-refractivity contribution < 1.29 is 0 Å². The van der Waals surface area contributed by atoms with E-state index >= 15 is 0 Å². The molecule has 1 aliphatic rings. The van der Waals surface area contributed by atoms with Crippen molar-refractivity contribution >= 4 is 0 Å². The molecular formula is C23H26. The van der Waals surface area contributed by atoms with Gasteiger partial charge < -0.3 is 0 Å². The lowest BCUT2D eigenvalue weighted by Crippen LogP contribution is -2.16. The van der Waals surface area contributed by atoms with Crippen LogP contribution in [0.5, 0.6) is 0 Å². The molecule has 0 saturated carbocycles. The van der Waals surface area contributed by atoms with Crippen LogP contribution in [0.1, 0.15) is 48.9 Å². The topological polar surface area (TPSA) is 0 Å². The zero-order valence-corrected chi connectivity index (χ0v) is 14.9. The smallest absolute Gasteiger partial charge is 0.0192 e. The largest absolute Gasteiger partial charge is 0.0649 e. The Morgan fingerprint density at radius 2 is 1.26 bits per heavy atom. The van der Waals surface area contributed by atoms with E-state index < -0.39 is 0 Å². The average molecular weight is 302 g/mol. The molecule has 2 aromatic carbocycles. The molecule has 0 aromatic heterocycles. The minimum absolute atomic E-state index is 0.392. The van der Waals surface area contributed by atoms with Gasteiger partial charge in [0, 0.05) is 11.8 Å². The van der Waals surface area contributed by atoms with Crippen LogP contribution < -0.4 is 0 Å². The predicted octanol–water partition coefficient (Wildman–Crippen LogP) is 6.35. The Morgan fingerprint density at radius 1 is 0.739 bits per heavy atom. The van der Waals surface area contributed by atoms with Gasteiger partial charge in [0.2, 0.25) is 0 Å². The molecule has 0 amide bonds. The molecule has 2 aromatic rings. The van der Waals surface area contributed by atoms with E-state index in [2.05, 4.69) is 89.2 Å². The lowest BCUT2D eigenvalue weighted by atomic mass is 9.75. The number of hydrogen-bond acceptors (Lipinski definition) is 0. The highest BCUT2D eigenvalue weighted by atomic mass is 14.3. The second-order valence-corrected chi connectivity index (χ2v) is 7.04. The average Bonchev–Trinajstić information content (AvgIpc) is 2.74. The molecule has 0 spiro atoms. The van der Waals surface area contributed by atoms with E-state index in [0.717, 1.165) is 0 Å². The maximum absolute atomic E-state index is 2.36. The van der Waals surface area contributed by atoms with Gasteiger partial charge in [-0.3, -0.25) is 0 Å². The highest BCUT2D eigenvalue weighted by molar-refractivity contribution is 5.48. The summed E-state index contributed by atoms with van der Waals surface area (Å²) < 4.78 is 0. The van der Waals surface area contributed by atoms with E-state index in [1.165, 1.54) is 39.0 Å². The Morgan fingerprint density at radius 3 is 1.65 bits per heavy atom. The van der Waals surface area contributed by atoms with Crippen molar-refractivity contribution in [2.75, 3.05) is 0 Å². The molecule has 3 rings (SSSR count). The molecule has 1 atom stereocenters. The van der Waals surface area contributed by atoms with Crippen molar-refractivity contribution in [3.63, 3.8) is 0 Å². The van der Waals surface area contributed by atoms with Crippen LogP contribution in [-0.2, 0) is 0 Å². The summed E-state index contributed by atoms with van der Waals surface area (Å²) in [7, 11) is 0. The van der Waals surface area contributed by atoms with Crippen molar-refractivity contribution in [3.8, 4) is 0 Å². The molecule has 1 unspecified atom stereocenters. The first-order chi connectivity index (χ1) is 11.0. The monoisotopic (exact) mass is 302 g/mol. The molecule has 0 aliphatic heterocycles. The molecule has 0 bridgehead atoms. The molecule has 0 heterocycles. The summed E-state index contributed by atoms with van der Waals surface area (Å²) in [5.74, 6) is 0.863. The first kappa shape index (κ1) is 15.8. The fourth-order valence-electron chi connectivity index (χ4n) is 3.95. The van der Waals surface area contributed by atoms with Gasteiger partial charge in [-0.15, -0.1) is 0 Å². The van der Waals surface area contributed by atoms with Crippen molar-refractivity contribution in [3.05, 3.63) is 93.6 Å². The molecule has 0 N–H and O–H groups in total. The number of benzene rings is 2. The zero-order valence-electron chi connectivity index (χ0n) is 14.9. The minimum Gasteiger partial charge on any atom is -0.0649 e. The van der Waals surface area contributed by atoms with Gasteiger partial charge >= 0.3 is 0 Å². The molecule has 1 aliphatic carbocycles. The van der Waals surface area contributed by atoms with Gasteiger partial charge in [0.25, 0.3) is 0 Å². The summed E-state index contributed by atoms with van der Waals surface area (Å²) in [4.78, 5) is 0. The third-order valence-corrected chi connectivity index (χ3v) is 5.16. The summed E-state index contributed by atoms with van der Waals surface area (Å²) in [6.45, 7) is 11.2. The normalized spacial score (nSPS) is 17.8. The molecule has 0 radical (unpaired) electrons. The van der Waals surface area contributed by atoms with Crippen LogP contribution in [0, 0.1) is 19.8 Å². The summed E-state index contributed by atoms with van der Waals surface area (Å²) in [6.07, 6.45) is 2.36. The van der Waals surface area contributed by atoms with E-state index in [0.29, 0.717) is 11.8 Å². The van der Waals surface area contributed by atoms with Crippen molar-refractivity contribution in [1.29, 1.82) is 0 Å². The molecule has 118 valence electrons. The Kier molecular flexibility index (Phi) is 4.26. The molecule has 0 nitrogen and oxygen atoms in total. The summed E-state index contributed by atoms with van der Waals surface area (Å²) in [6, 6.07) is 18.0. The fraction of sp³-hybridized carbons (Fsp3) is 0.304. The third-order valence-electron chi connectivity index (χ3n) is 5.16. The Hall–Kier alpha value is -2.08. The van der Waals surface area contributed by atoms with Crippen LogP contribution in [0.2, 0.25) is 0 Å². The van der Waals surface area contributed by atoms with Gasteiger partial charge in [-0.1, -0.05) is 82.5 Å². The Balaban J connectivity index is 2.17. The zero-order chi connectivity index (χ0) is 16.6. The van der Waals surface area contributed by atoms with Gasteiger partial charge in [-0.2, -0.15) is 0 Å². The SMILES string of the molecule is CC1=CC(C)=C(C)C1C(c1cccc(C)c1)c1cccc(C)c1. The van der Waals surface area contributed by atoms with Crippen LogP contribution in [-0.4, -0.2) is 0 Å². The van der Waals surface area contributed by atoms with Crippen molar-refractivity contribution in [1.82, 2.24) is 0 Å². The number of hydrogen-bond donors (Lipinski definition) is 0. The lowest BCUT2D eigenvalue weighted by molar-refractivity contribution is 0.624. The number of aryl methyl sites for hydroxylation is 2. The van der Waals surface area contributed by atoms with E-state index in [1.54, 1.807) is 0 Å². The Labute approximate surface area is 140 Å². The van der Waals surface area contributed by atoms with E-state index in [-0.39, 0.29) is 0 Å². The molecule has 23 heavy (non-hydrogen) atoms. The van der Waals surface area contributed by atoms with Gasteiger partial charge in [0.05, 0.1) is 0 Å². The second kappa shape index (κ2) is 6.20. The first-order valence-corrected chi connectivity index (χ1v) is 8.46. The van der Waals surface area contributed by atoms with E-state index in [9.17, 15) is 0 Å². The predicted molar refractivity (Wildman–Crippen MR) is 99.8 cm³/mol. The summed E-state index contributed by atoms with van der Waals surface area (Å²) in [5, 5.41) is 0. The minimum atomic E-state index is 0.392. The van der Waals surface area contributed by atoms with Gasteiger partial charge in [-0.25, -0.2) is 0 Å². The standard InChI is InChI=1S/C23H26/c1-15-8-6-10-20(12-15)23(21-11-7-9-16(2)13-21)22-18(4)14-17(3)19(22)5/h6-14,22-23H,1-5H3. The summed E-state index contributed by atoms with van der Waals surface area (Å²) >= 11 is 0. The van der Waals surface area contributed by atoms with Crippen LogP contribution in [0.3, 0.4) is 0 Å². The maximum atomic E-state index is 2.36. The first-order valence-electron chi connectivity index (χ1n) is 8.46. The molecule has 0 saturated heterocycles. The maximum Gasteiger partial charge on any atom is 0.0192 e. The van der Waals surface area contributed by atoms with Crippen LogP contribution >= 0.6 is 0 Å². The van der Waals surface area contributed by atoms with E-state index in [4.69, 9.17) is 0 Å². The molecule has 0 heteroatoms. The van der Waals surface area contributed by atoms with Crippen LogP contribution in [0.25, 0.3) is 0 Å². The van der Waals surface area contributed by atoms with Gasteiger partial charge in [-0.05, 0) is 45.7 Å². The number of rotatable bonds is 3. The third kappa shape index (κ3) is 3.03.